The molecule has 0 unspecified atom stereocenters. The third-order valence-corrected chi connectivity index (χ3v) is 4.52. The topological polar surface area (TPSA) is 91.3 Å². The summed E-state index contributed by atoms with van der Waals surface area (Å²) in [5.41, 5.74) is 3.33. The number of thiazole rings is 1. The summed E-state index contributed by atoms with van der Waals surface area (Å²) in [5, 5.41) is 14.4. The maximum atomic E-state index is 11.8. The largest absolute Gasteiger partial charge is 0.481 e. The van der Waals surface area contributed by atoms with Crippen LogP contribution in [0.1, 0.15) is 34.5 Å². The van der Waals surface area contributed by atoms with Gasteiger partial charge in [0.25, 0.3) is 0 Å². The fraction of sp³-hybridized carbons (Fsp3) is 0.353. The monoisotopic (exact) mass is 347 g/mol. The number of aliphatic carboxylic acids is 1. The summed E-state index contributed by atoms with van der Waals surface area (Å²) in [5.74, 6) is -0.867. The molecule has 2 amide bonds. The van der Waals surface area contributed by atoms with Gasteiger partial charge in [0.05, 0.1) is 5.69 Å². The van der Waals surface area contributed by atoms with Crippen molar-refractivity contribution in [3.8, 4) is 0 Å². The summed E-state index contributed by atoms with van der Waals surface area (Å²) in [6.07, 6.45) is 1.22. The van der Waals surface area contributed by atoms with E-state index in [9.17, 15) is 9.59 Å². The molecule has 0 saturated heterocycles. The number of rotatable bonds is 7. The molecule has 0 radical (unpaired) electrons. The van der Waals surface area contributed by atoms with Crippen molar-refractivity contribution >= 4 is 28.5 Å². The molecule has 0 fully saturated rings. The molecule has 1 aromatic carbocycles. The lowest BCUT2D eigenvalue weighted by Gasteiger charge is -2.03. The molecule has 1 heterocycles. The molecule has 24 heavy (non-hydrogen) atoms. The van der Waals surface area contributed by atoms with Gasteiger partial charge < -0.3 is 10.4 Å². The molecule has 0 aliphatic rings. The molecule has 128 valence electrons. The third kappa shape index (κ3) is 5.66. The second-order valence-corrected chi connectivity index (χ2v) is 6.65. The summed E-state index contributed by atoms with van der Waals surface area (Å²) < 4.78 is 0. The number of nitrogens with one attached hydrogen (secondary N) is 2. The summed E-state index contributed by atoms with van der Waals surface area (Å²) in [4.78, 5) is 27.7. The highest BCUT2D eigenvalue weighted by Crippen LogP contribution is 2.25. The van der Waals surface area contributed by atoms with Gasteiger partial charge in [0.15, 0.2) is 5.13 Å². The van der Waals surface area contributed by atoms with Crippen LogP contribution in [0, 0.1) is 13.8 Å². The molecule has 0 aliphatic heterocycles. The van der Waals surface area contributed by atoms with Crippen molar-refractivity contribution in [2.45, 2.75) is 33.1 Å². The lowest BCUT2D eigenvalue weighted by atomic mass is 10.1. The first-order valence-corrected chi connectivity index (χ1v) is 8.54. The summed E-state index contributed by atoms with van der Waals surface area (Å²) in [7, 11) is 0. The van der Waals surface area contributed by atoms with Gasteiger partial charge in [-0.25, -0.2) is 9.78 Å². The number of benzene rings is 1. The Hall–Kier alpha value is -2.41. The highest BCUT2D eigenvalue weighted by molar-refractivity contribution is 7.15. The standard InChI is InChI=1S/C17H21N3O3S/c1-11-5-7-13(8-6-11)10-14-12(2)19-17(24-14)20-16(23)18-9-3-4-15(21)22/h5-8H,3-4,9-10H2,1-2H3,(H,21,22)(H2,18,19,20,23). The van der Waals surface area contributed by atoms with Gasteiger partial charge in [-0.1, -0.05) is 29.8 Å². The number of anilines is 1. The Balaban J connectivity index is 1.87. The molecule has 6 nitrogen and oxygen atoms in total. The summed E-state index contributed by atoms with van der Waals surface area (Å²) in [6, 6.07) is 7.98. The van der Waals surface area contributed by atoms with Gasteiger partial charge in [0.2, 0.25) is 0 Å². The molecule has 1 aromatic heterocycles. The second kappa shape index (κ2) is 8.44. The second-order valence-electron chi connectivity index (χ2n) is 5.57. The Labute approximate surface area is 144 Å². The molecule has 2 aromatic rings. The molecule has 0 atom stereocenters. The van der Waals surface area contributed by atoms with Gasteiger partial charge >= 0.3 is 12.0 Å². The van der Waals surface area contributed by atoms with E-state index in [0.717, 1.165) is 17.0 Å². The van der Waals surface area contributed by atoms with E-state index in [0.29, 0.717) is 18.1 Å². The number of aromatic nitrogens is 1. The number of carboxylic acids is 1. The average molecular weight is 347 g/mol. The Morgan fingerprint density at radius 1 is 1.21 bits per heavy atom. The third-order valence-electron chi connectivity index (χ3n) is 3.45. The number of urea groups is 1. The minimum atomic E-state index is -0.867. The zero-order chi connectivity index (χ0) is 17.5. The van der Waals surface area contributed by atoms with Crippen LogP contribution >= 0.6 is 11.3 Å². The quantitative estimate of drug-likeness (QED) is 0.670. The van der Waals surface area contributed by atoms with E-state index in [2.05, 4.69) is 46.8 Å². The molecular weight excluding hydrogens is 326 g/mol. The average Bonchev–Trinajstić information content (AvgIpc) is 2.85. The summed E-state index contributed by atoms with van der Waals surface area (Å²) in [6.45, 7) is 4.30. The molecule has 0 aliphatic carbocycles. The van der Waals surface area contributed by atoms with Gasteiger partial charge in [-0.05, 0) is 25.8 Å². The van der Waals surface area contributed by atoms with Crippen LogP contribution in [-0.2, 0) is 11.2 Å². The van der Waals surface area contributed by atoms with Crippen LogP contribution in [0.15, 0.2) is 24.3 Å². The number of hydrogen-bond acceptors (Lipinski definition) is 4. The first-order valence-electron chi connectivity index (χ1n) is 7.72. The van der Waals surface area contributed by atoms with Crippen molar-refractivity contribution in [2.24, 2.45) is 0 Å². The van der Waals surface area contributed by atoms with Crippen molar-refractivity contribution in [1.82, 2.24) is 10.3 Å². The number of nitrogens with zero attached hydrogens (tertiary/aromatic N) is 1. The Kier molecular flexibility index (Phi) is 6.31. The summed E-state index contributed by atoms with van der Waals surface area (Å²) >= 11 is 1.45. The van der Waals surface area contributed by atoms with Crippen molar-refractivity contribution in [2.75, 3.05) is 11.9 Å². The zero-order valence-corrected chi connectivity index (χ0v) is 14.6. The van der Waals surface area contributed by atoms with Gasteiger partial charge in [-0.2, -0.15) is 0 Å². The number of carbonyl (C=O) groups excluding carboxylic acids is 1. The molecule has 0 spiro atoms. The lowest BCUT2D eigenvalue weighted by molar-refractivity contribution is -0.137. The van der Waals surface area contributed by atoms with Gasteiger partial charge in [-0.3, -0.25) is 10.1 Å². The van der Waals surface area contributed by atoms with Crippen LogP contribution in [-0.4, -0.2) is 28.6 Å². The SMILES string of the molecule is Cc1ccc(Cc2sc(NC(=O)NCCCC(=O)O)nc2C)cc1. The maximum Gasteiger partial charge on any atom is 0.321 e. The van der Waals surface area contributed by atoms with E-state index in [-0.39, 0.29) is 12.5 Å². The van der Waals surface area contributed by atoms with Crippen molar-refractivity contribution in [1.29, 1.82) is 0 Å². The van der Waals surface area contributed by atoms with Gasteiger partial charge in [-0.15, -0.1) is 11.3 Å². The lowest BCUT2D eigenvalue weighted by Crippen LogP contribution is -2.29. The number of carboxylic acid groups (broad SMARTS) is 1. The Morgan fingerprint density at radius 2 is 1.92 bits per heavy atom. The molecule has 0 bridgehead atoms. The smallest absolute Gasteiger partial charge is 0.321 e. The zero-order valence-electron chi connectivity index (χ0n) is 13.8. The van der Waals surface area contributed by atoms with E-state index < -0.39 is 5.97 Å². The number of carbonyl (C=O) groups is 2. The van der Waals surface area contributed by atoms with E-state index in [1.165, 1.54) is 22.5 Å². The van der Waals surface area contributed by atoms with Gasteiger partial charge in [0, 0.05) is 24.3 Å². The highest BCUT2D eigenvalue weighted by atomic mass is 32.1. The van der Waals surface area contributed by atoms with Crippen molar-refractivity contribution < 1.29 is 14.7 Å². The predicted molar refractivity (Wildman–Crippen MR) is 94.7 cm³/mol. The minimum absolute atomic E-state index is 0.0390. The van der Waals surface area contributed by atoms with Crippen LogP contribution < -0.4 is 10.6 Å². The molecular formula is C17H21N3O3S. The van der Waals surface area contributed by atoms with Crippen LogP contribution in [0.4, 0.5) is 9.93 Å². The first kappa shape index (κ1) is 17.9. The van der Waals surface area contributed by atoms with E-state index in [1.807, 2.05) is 6.92 Å². The van der Waals surface area contributed by atoms with Crippen LogP contribution in [0.25, 0.3) is 0 Å². The van der Waals surface area contributed by atoms with E-state index >= 15 is 0 Å². The number of amides is 2. The molecule has 2 rings (SSSR count). The fourth-order valence-corrected chi connectivity index (χ4v) is 3.11. The highest BCUT2D eigenvalue weighted by Gasteiger charge is 2.11. The van der Waals surface area contributed by atoms with Crippen molar-refractivity contribution in [3.63, 3.8) is 0 Å². The molecule has 0 saturated carbocycles. The fourth-order valence-electron chi connectivity index (χ4n) is 2.12. The van der Waals surface area contributed by atoms with E-state index in [4.69, 9.17) is 5.11 Å². The van der Waals surface area contributed by atoms with Crippen LogP contribution in [0.5, 0.6) is 0 Å². The molecule has 3 N–H and O–H groups in total. The Bertz CT molecular complexity index is 710. The Morgan fingerprint density at radius 3 is 2.58 bits per heavy atom. The number of aryl methyl sites for hydroxylation is 2. The van der Waals surface area contributed by atoms with Crippen LogP contribution in [0.3, 0.4) is 0 Å². The van der Waals surface area contributed by atoms with Crippen LogP contribution in [0.2, 0.25) is 0 Å². The minimum Gasteiger partial charge on any atom is -0.481 e. The van der Waals surface area contributed by atoms with Crippen molar-refractivity contribution in [3.05, 3.63) is 46.0 Å². The molecule has 7 heteroatoms. The van der Waals surface area contributed by atoms with E-state index in [1.54, 1.807) is 0 Å². The predicted octanol–water partition coefficient (Wildman–Crippen LogP) is 3.34. The van der Waals surface area contributed by atoms with Gasteiger partial charge in [0.1, 0.15) is 0 Å². The first-order chi connectivity index (χ1) is 11.4. The normalized spacial score (nSPS) is 10.4. The maximum absolute atomic E-state index is 11.8. The number of hydrogen-bond donors (Lipinski definition) is 3.